The van der Waals surface area contributed by atoms with Gasteiger partial charge in [-0.1, -0.05) is 19.3 Å². The zero-order valence-electron chi connectivity index (χ0n) is 12.4. The molecule has 0 saturated heterocycles. The van der Waals surface area contributed by atoms with Crippen molar-refractivity contribution in [3.63, 3.8) is 0 Å². The van der Waals surface area contributed by atoms with Crippen LogP contribution in [0.4, 0.5) is 5.95 Å². The van der Waals surface area contributed by atoms with Gasteiger partial charge in [-0.3, -0.25) is 0 Å². The summed E-state index contributed by atoms with van der Waals surface area (Å²) in [5, 5.41) is 0. The molecule has 1 fully saturated rings. The Bertz CT molecular complexity index is 408. The average Bonchev–Trinajstić information content (AvgIpc) is 2.45. The van der Waals surface area contributed by atoms with Gasteiger partial charge in [0.15, 0.2) is 0 Å². The van der Waals surface area contributed by atoms with E-state index in [9.17, 15) is 0 Å². The third kappa shape index (κ3) is 4.23. The quantitative estimate of drug-likeness (QED) is 0.751. The molecular weight excluding hydrogens is 274 g/mol. The number of alkyl halides is 1. The summed E-state index contributed by atoms with van der Waals surface area (Å²) in [7, 11) is 0. The number of aromatic nitrogens is 2. The van der Waals surface area contributed by atoms with E-state index in [1.807, 2.05) is 19.9 Å². The molecule has 0 amide bonds. The van der Waals surface area contributed by atoms with Crippen LogP contribution in [0.15, 0.2) is 12.3 Å². The molecule has 0 atom stereocenters. The molecule has 0 aliphatic heterocycles. The largest absolute Gasteiger partial charge is 0.475 e. The summed E-state index contributed by atoms with van der Waals surface area (Å²) in [6, 6.07) is 2.32. The second-order valence-corrected chi connectivity index (χ2v) is 5.91. The normalized spacial score (nSPS) is 16.4. The molecule has 0 radical (unpaired) electrons. The number of hydrogen-bond donors (Lipinski definition) is 0. The Balaban J connectivity index is 2.15. The van der Waals surface area contributed by atoms with Gasteiger partial charge < -0.3 is 9.64 Å². The van der Waals surface area contributed by atoms with Gasteiger partial charge in [0, 0.05) is 30.7 Å². The van der Waals surface area contributed by atoms with Crippen LogP contribution >= 0.6 is 11.6 Å². The van der Waals surface area contributed by atoms with Crippen molar-refractivity contribution in [2.24, 2.45) is 0 Å². The van der Waals surface area contributed by atoms with Crippen molar-refractivity contribution >= 4 is 17.5 Å². The highest BCUT2D eigenvalue weighted by atomic mass is 35.5. The molecule has 0 unspecified atom stereocenters. The van der Waals surface area contributed by atoms with Crippen LogP contribution in [0.1, 0.15) is 46.0 Å². The van der Waals surface area contributed by atoms with Gasteiger partial charge in [0.1, 0.15) is 0 Å². The van der Waals surface area contributed by atoms with Gasteiger partial charge in [-0.2, -0.15) is 4.98 Å². The number of rotatable bonds is 6. The molecule has 0 aromatic carbocycles. The van der Waals surface area contributed by atoms with Gasteiger partial charge >= 0.3 is 0 Å². The lowest BCUT2D eigenvalue weighted by molar-refractivity contribution is 0.232. The minimum absolute atomic E-state index is 0.119. The van der Waals surface area contributed by atoms with E-state index in [-0.39, 0.29) is 6.10 Å². The van der Waals surface area contributed by atoms with Gasteiger partial charge in [-0.05, 0) is 26.7 Å². The lowest BCUT2D eigenvalue weighted by atomic mass is 9.94. The molecule has 1 saturated carbocycles. The molecule has 1 heterocycles. The van der Waals surface area contributed by atoms with Crippen molar-refractivity contribution < 1.29 is 4.74 Å². The molecule has 0 N–H and O–H groups in total. The van der Waals surface area contributed by atoms with Crippen molar-refractivity contribution in [1.82, 2.24) is 9.97 Å². The van der Waals surface area contributed by atoms with Gasteiger partial charge in [0.25, 0.3) is 0 Å². The number of ether oxygens (including phenoxy) is 1. The number of halogens is 1. The molecule has 20 heavy (non-hydrogen) atoms. The Kier molecular flexibility index (Phi) is 5.89. The molecule has 0 bridgehead atoms. The molecule has 1 aromatic heterocycles. The Morgan fingerprint density at radius 1 is 1.35 bits per heavy atom. The Morgan fingerprint density at radius 2 is 2.10 bits per heavy atom. The standard InChI is InChI=1S/C15H24ClN3O/c1-12(2)20-14-8-10-17-15(18-14)19(11-9-16)13-6-4-3-5-7-13/h8,10,12-13H,3-7,9,11H2,1-2H3. The second kappa shape index (κ2) is 7.67. The first-order chi connectivity index (χ1) is 9.70. The predicted molar refractivity (Wildman–Crippen MR) is 82.7 cm³/mol. The topological polar surface area (TPSA) is 38.2 Å². The maximum atomic E-state index is 5.96. The van der Waals surface area contributed by atoms with Gasteiger partial charge in [0.05, 0.1) is 6.10 Å². The van der Waals surface area contributed by atoms with Crippen LogP contribution in [-0.2, 0) is 0 Å². The monoisotopic (exact) mass is 297 g/mol. The molecule has 1 aliphatic rings. The first-order valence-corrected chi connectivity index (χ1v) is 8.06. The summed E-state index contributed by atoms with van der Waals surface area (Å²) >= 11 is 5.96. The zero-order valence-corrected chi connectivity index (χ0v) is 13.1. The summed E-state index contributed by atoms with van der Waals surface area (Å²) in [5.74, 6) is 1.98. The second-order valence-electron chi connectivity index (χ2n) is 5.54. The number of hydrogen-bond acceptors (Lipinski definition) is 4. The third-order valence-electron chi connectivity index (χ3n) is 3.57. The Hall–Kier alpha value is -1.03. The number of nitrogens with zero attached hydrogens (tertiary/aromatic N) is 3. The number of anilines is 1. The van der Waals surface area contributed by atoms with E-state index in [1.54, 1.807) is 6.20 Å². The maximum absolute atomic E-state index is 5.96. The summed E-state index contributed by atoms with van der Waals surface area (Å²) in [6.45, 7) is 4.79. The minimum atomic E-state index is 0.119. The molecule has 112 valence electrons. The van der Waals surface area contributed by atoms with Crippen LogP contribution < -0.4 is 9.64 Å². The van der Waals surface area contributed by atoms with E-state index in [0.717, 1.165) is 12.5 Å². The van der Waals surface area contributed by atoms with E-state index >= 15 is 0 Å². The molecule has 1 aliphatic carbocycles. The SMILES string of the molecule is CC(C)Oc1ccnc(N(CCCl)C2CCCCC2)n1. The molecule has 4 nitrogen and oxygen atoms in total. The summed E-state index contributed by atoms with van der Waals surface area (Å²) < 4.78 is 5.66. The summed E-state index contributed by atoms with van der Waals surface area (Å²) in [6.07, 6.45) is 8.20. The summed E-state index contributed by atoms with van der Waals surface area (Å²) in [5.41, 5.74) is 0. The fraction of sp³-hybridized carbons (Fsp3) is 0.733. The van der Waals surface area contributed by atoms with Crippen LogP contribution in [0.25, 0.3) is 0 Å². The predicted octanol–water partition coefficient (Wildman–Crippen LogP) is 3.64. The van der Waals surface area contributed by atoms with E-state index in [4.69, 9.17) is 16.3 Å². The molecule has 1 aromatic rings. The van der Waals surface area contributed by atoms with Crippen LogP contribution in [-0.4, -0.2) is 34.5 Å². The molecule has 0 spiro atoms. The molecule has 5 heteroatoms. The minimum Gasteiger partial charge on any atom is -0.475 e. The smallest absolute Gasteiger partial charge is 0.228 e. The van der Waals surface area contributed by atoms with Crippen molar-refractivity contribution in [1.29, 1.82) is 0 Å². The van der Waals surface area contributed by atoms with Crippen LogP contribution in [0.3, 0.4) is 0 Å². The maximum Gasteiger partial charge on any atom is 0.228 e. The lowest BCUT2D eigenvalue weighted by Crippen LogP contribution is -2.39. The summed E-state index contributed by atoms with van der Waals surface area (Å²) in [4.78, 5) is 11.2. The molecular formula is C15H24ClN3O. The fourth-order valence-corrected chi connectivity index (χ4v) is 2.89. The highest BCUT2D eigenvalue weighted by molar-refractivity contribution is 6.18. The third-order valence-corrected chi connectivity index (χ3v) is 3.74. The van der Waals surface area contributed by atoms with Crippen LogP contribution in [0.5, 0.6) is 5.88 Å². The first-order valence-electron chi connectivity index (χ1n) is 7.53. The van der Waals surface area contributed by atoms with E-state index in [2.05, 4.69) is 14.9 Å². The van der Waals surface area contributed by atoms with Crippen molar-refractivity contribution in [3.8, 4) is 5.88 Å². The van der Waals surface area contributed by atoms with Gasteiger partial charge in [0.2, 0.25) is 11.8 Å². The Labute approximate surface area is 126 Å². The van der Waals surface area contributed by atoms with E-state index in [0.29, 0.717) is 17.8 Å². The van der Waals surface area contributed by atoms with Crippen LogP contribution in [0, 0.1) is 0 Å². The van der Waals surface area contributed by atoms with E-state index in [1.165, 1.54) is 32.1 Å². The Morgan fingerprint density at radius 3 is 2.75 bits per heavy atom. The van der Waals surface area contributed by atoms with Crippen LogP contribution in [0.2, 0.25) is 0 Å². The zero-order chi connectivity index (χ0) is 14.4. The highest BCUT2D eigenvalue weighted by Crippen LogP contribution is 2.26. The van der Waals surface area contributed by atoms with Gasteiger partial charge in [-0.15, -0.1) is 11.6 Å². The van der Waals surface area contributed by atoms with Crippen molar-refractivity contribution in [2.45, 2.75) is 58.1 Å². The first kappa shape index (κ1) is 15.4. The average molecular weight is 298 g/mol. The molecule has 2 rings (SSSR count). The van der Waals surface area contributed by atoms with Crippen molar-refractivity contribution in [2.75, 3.05) is 17.3 Å². The van der Waals surface area contributed by atoms with Crippen molar-refractivity contribution in [3.05, 3.63) is 12.3 Å². The fourth-order valence-electron chi connectivity index (χ4n) is 2.71. The van der Waals surface area contributed by atoms with E-state index < -0.39 is 0 Å². The lowest BCUT2D eigenvalue weighted by Gasteiger charge is -2.34. The highest BCUT2D eigenvalue weighted by Gasteiger charge is 2.23. The van der Waals surface area contributed by atoms with Gasteiger partial charge in [-0.25, -0.2) is 4.98 Å².